The number of likely N-dealkylation sites (tertiary alicyclic amines) is 1. The third kappa shape index (κ3) is 5.90. The summed E-state index contributed by atoms with van der Waals surface area (Å²) in [5, 5.41) is 6.81. The van der Waals surface area contributed by atoms with Gasteiger partial charge >= 0.3 is 0 Å². The topological polar surface area (TPSA) is 58.1 Å². The highest BCUT2D eigenvalue weighted by molar-refractivity contribution is 5.79. The molecule has 1 fully saturated rings. The molecule has 25 heavy (non-hydrogen) atoms. The lowest BCUT2D eigenvalue weighted by molar-refractivity contribution is 0.195. The number of guanidine groups is 1. The molecule has 1 aromatic rings. The number of ether oxygens (including phenoxy) is 2. The van der Waals surface area contributed by atoms with Crippen LogP contribution in [0.4, 0.5) is 0 Å². The lowest BCUT2D eigenvalue weighted by atomic mass is 10.0. The number of aliphatic imine (C=N–C) groups is 1. The molecule has 0 saturated carbocycles. The quantitative estimate of drug-likeness (QED) is 0.406. The molecule has 6 heteroatoms. The Morgan fingerprint density at radius 1 is 1.20 bits per heavy atom. The fourth-order valence-electron chi connectivity index (χ4n) is 3.27. The second kappa shape index (κ2) is 10.9. The van der Waals surface area contributed by atoms with Gasteiger partial charge in [0.1, 0.15) is 5.75 Å². The van der Waals surface area contributed by atoms with Gasteiger partial charge in [-0.2, -0.15) is 0 Å². The van der Waals surface area contributed by atoms with E-state index < -0.39 is 0 Å². The molecule has 0 bridgehead atoms. The second-order valence-electron chi connectivity index (χ2n) is 6.23. The number of hydrogen-bond acceptors (Lipinski definition) is 4. The van der Waals surface area contributed by atoms with E-state index >= 15 is 0 Å². The van der Waals surface area contributed by atoms with E-state index in [4.69, 9.17) is 9.47 Å². The van der Waals surface area contributed by atoms with Crippen LogP contribution < -0.4 is 15.4 Å². The van der Waals surface area contributed by atoms with Crippen molar-refractivity contribution < 1.29 is 9.47 Å². The van der Waals surface area contributed by atoms with Gasteiger partial charge in [-0.1, -0.05) is 18.2 Å². The fourth-order valence-corrected chi connectivity index (χ4v) is 3.27. The molecule has 2 rings (SSSR count). The molecule has 0 aromatic heterocycles. The standard InChI is InChI=1S/C19H32N4O2/c1-20-19(21-11-8-14-24-2)22-15-17(23-12-6-7-13-23)16-9-4-5-10-18(16)25-3/h4-5,9-10,17H,6-8,11-15H2,1-3H3,(H2,20,21,22). The van der Waals surface area contributed by atoms with Gasteiger partial charge in [0.15, 0.2) is 5.96 Å². The Morgan fingerprint density at radius 3 is 2.64 bits per heavy atom. The highest BCUT2D eigenvalue weighted by Gasteiger charge is 2.25. The Labute approximate surface area is 151 Å². The van der Waals surface area contributed by atoms with Crippen LogP contribution in [0.25, 0.3) is 0 Å². The van der Waals surface area contributed by atoms with Crippen LogP contribution in [0.15, 0.2) is 29.3 Å². The number of nitrogens with zero attached hydrogens (tertiary/aromatic N) is 2. The lowest BCUT2D eigenvalue weighted by Gasteiger charge is -2.30. The first-order valence-corrected chi connectivity index (χ1v) is 9.10. The molecule has 6 nitrogen and oxygen atoms in total. The summed E-state index contributed by atoms with van der Waals surface area (Å²) < 4.78 is 10.7. The van der Waals surface area contributed by atoms with Crippen molar-refractivity contribution in [1.82, 2.24) is 15.5 Å². The lowest BCUT2D eigenvalue weighted by Crippen LogP contribution is -2.43. The largest absolute Gasteiger partial charge is 0.496 e. The van der Waals surface area contributed by atoms with Gasteiger partial charge < -0.3 is 20.1 Å². The van der Waals surface area contributed by atoms with Crippen molar-refractivity contribution in [2.45, 2.75) is 25.3 Å². The number of methoxy groups -OCH3 is 2. The number of rotatable bonds is 9. The molecule has 0 spiro atoms. The summed E-state index contributed by atoms with van der Waals surface area (Å²) in [7, 11) is 5.27. The van der Waals surface area contributed by atoms with Crippen molar-refractivity contribution in [2.24, 2.45) is 4.99 Å². The summed E-state index contributed by atoms with van der Waals surface area (Å²) in [4.78, 5) is 6.86. The van der Waals surface area contributed by atoms with Crippen LogP contribution >= 0.6 is 0 Å². The molecular weight excluding hydrogens is 316 g/mol. The summed E-state index contributed by atoms with van der Waals surface area (Å²) in [6.07, 6.45) is 3.48. The van der Waals surface area contributed by atoms with Gasteiger partial charge in [0.25, 0.3) is 0 Å². The predicted octanol–water partition coefficient (Wildman–Crippen LogP) is 2.03. The summed E-state index contributed by atoms with van der Waals surface area (Å²) in [6, 6.07) is 8.58. The SMILES string of the molecule is CN=C(NCCCOC)NCC(c1ccccc1OC)N1CCCC1. The highest BCUT2D eigenvalue weighted by atomic mass is 16.5. The maximum atomic E-state index is 5.60. The van der Waals surface area contributed by atoms with Gasteiger partial charge in [-0.05, 0) is 38.4 Å². The Balaban J connectivity index is 2.01. The van der Waals surface area contributed by atoms with Gasteiger partial charge in [-0.15, -0.1) is 0 Å². The molecule has 1 unspecified atom stereocenters. The Kier molecular flexibility index (Phi) is 8.55. The van der Waals surface area contributed by atoms with Gasteiger partial charge in [0.05, 0.1) is 13.2 Å². The van der Waals surface area contributed by atoms with Crippen molar-refractivity contribution >= 4 is 5.96 Å². The molecule has 0 aliphatic carbocycles. The zero-order chi connectivity index (χ0) is 17.9. The molecule has 140 valence electrons. The third-order valence-electron chi connectivity index (χ3n) is 4.58. The van der Waals surface area contributed by atoms with E-state index in [1.165, 1.54) is 18.4 Å². The van der Waals surface area contributed by atoms with E-state index in [1.807, 2.05) is 12.1 Å². The Hall–Kier alpha value is -1.79. The van der Waals surface area contributed by atoms with Gasteiger partial charge in [0.2, 0.25) is 0 Å². The van der Waals surface area contributed by atoms with Crippen LogP contribution in [0.1, 0.15) is 30.9 Å². The van der Waals surface area contributed by atoms with Crippen molar-refractivity contribution in [2.75, 3.05) is 54.1 Å². The average molecular weight is 348 g/mol. The molecule has 1 aliphatic rings. The monoisotopic (exact) mass is 348 g/mol. The van der Waals surface area contributed by atoms with Crippen molar-refractivity contribution in [1.29, 1.82) is 0 Å². The molecule has 1 saturated heterocycles. The van der Waals surface area contributed by atoms with Crippen LogP contribution in [0, 0.1) is 0 Å². The van der Waals surface area contributed by atoms with Crippen LogP contribution in [0.2, 0.25) is 0 Å². The van der Waals surface area contributed by atoms with Crippen LogP contribution in [-0.4, -0.2) is 64.9 Å². The number of benzene rings is 1. The van der Waals surface area contributed by atoms with E-state index in [0.29, 0.717) is 0 Å². The normalized spacial score (nSPS) is 16.7. The minimum atomic E-state index is 0.274. The molecule has 2 N–H and O–H groups in total. The second-order valence-corrected chi connectivity index (χ2v) is 6.23. The number of hydrogen-bond donors (Lipinski definition) is 2. The first-order chi connectivity index (χ1) is 12.3. The average Bonchev–Trinajstić information content (AvgIpc) is 3.18. The molecule has 1 atom stereocenters. The zero-order valence-electron chi connectivity index (χ0n) is 15.8. The summed E-state index contributed by atoms with van der Waals surface area (Å²) >= 11 is 0. The summed E-state index contributed by atoms with van der Waals surface area (Å²) in [6.45, 7) is 4.65. The van der Waals surface area contributed by atoms with E-state index in [-0.39, 0.29) is 6.04 Å². The van der Waals surface area contributed by atoms with E-state index in [1.54, 1.807) is 21.3 Å². The smallest absolute Gasteiger partial charge is 0.191 e. The van der Waals surface area contributed by atoms with Crippen LogP contribution in [0.3, 0.4) is 0 Å². The minimum Gasteiger partial charge on any atom is -0.496 e. The van der Waals surface area contributed by atoms with Crippen molar-refractivity contribution in [3.63, 3.8) is 0 Å². The summed E-state index contributed by atoms with van der Waals surface area (Å²) in [5.74, 6) is 1.78. The van der Waals surface area contributed by atoms with Gasteiger partial charge in [-0.25, -0.2) is 0 Å². The van der Waals surface area contributed by atoms with Crippen LogP contribution in [0.5, 0.6) is 5.75 Å². The van der Waals surface area contributed by atoms with Crippen LogP contribution in [-0.2, 0) is 4.74 Å². The van der Waals surface area contributed by atoms with E-state index in [9.17, 15) is 0 Å². The Bertz CT molecular complexity index is 530. The zero-order valence-corrected chi connectivity index (χ0v) is 15.8. The highest BCUT2D eigenvalue weighted by Crippen LogP contribution is 2.31. The molecule has 0 amide bonds. The fraction of sp³-hybridized carbons (Fsp3) is 0.632. The van der Waals surface area contributed by atoms with E-state index in [2.05, 4.69) is 32.7 Å². The summed E-state index contributed by atoms with van der Waals surface area (Å²) in [5.41, 5.74) is 1.23. The molecular formula is C19H32N4O2. The van der Waals surface area contributed by atoms with E-state index in [0.717, 1.165) is 50.9 Å². The maximum Gasteiger partial charge on any atom is 0.191 e. The number of para-hydroxylation sites is 1. The molecule has 1 aromatic carbocycles. The maximum absolute atomic E-state index is 5.60. The number of nitrogens with one attached hydrogen (secondary N) is 2. The third-order valence-corrected chi connectivity index (χ3v) is 4.58. The Morgan fingerprint density at radius 2 is 1.96 bits per heavy atom. The van der Waals surface area contributed by atoms with Crippen molar-refractivity contribution in [3.8, 4) is 5.75 Å². The van der Waals surface area contributed by atoms with Crippen molar-refractivity contribution in [3.05, 3.63) is 29.8 Å². The van der Waals surface area contributed by atoms with Gasteiger partial charge in [-0.3, -0.25) is 9.89 Å². The first-order valence-electron chi connectivity index (χ1n) is 9.10. The molecule has 1 heterocycles. The van der Waals surface area contributed by atoms with Gasteiger partial charge in [0, 0.05) is 39.4 Å². The predicted molar refractivity (Wildman–Crippen MR) is 102 cm³/mol. The minimum absolute atomic E-state index is 0.274. The molecule has 0 radical (unpaired) electrons. The first kappa shape index (κ1) is 19.5. The molecule has 1 aliphatic heterocycles.